The van der Waals surface area contributed by atoms with Gasteiger partial charge in [0.2, 0.25) is 29.5 Å². The Hall–Kier alpha value is -3.67. The predicted molar refractivity (Wildman–Crippen MR) is 185 cm³/mol. The van der Waals surface area contributed by atoms with Crippen LogP contribution >= 0.6 is 0 Å². The normalized spacial score (nSPS) is 19.5. The summed E-state index contributed by atoms with van der Waals surface area (Å²) in [6.07, 6.45) is 6.76. The molecule has 5 amide bonds. The van der Waals surface area contributed by atoms with E-state index in [2.05, 4.69) is 26.6 Å². The highest BCUT2D eigenvalue weighted by Crippen LogP contribution is 2.21. The third-order valence-corrected chi connectivity index (χ3v) is 9.10. The average Bonchev–Trinajstić information content (AvgIpc) is 3.82. The summed E-state index contributed by atoms with van der Waals surface area (Å²) in [6, 6.07) is -5.38. The monoisotopic (exact) mass is 709 g/mol. The van der Waals surface area contributed by atoms with Gasteiger partial charge in [-0.25, -0.2) is 0 Å². The van der Waals surface area contributed by atoms with Gasteiger partial charge in [0.1, 0.15) is 30.5 Å². The second kappa shape index (κ2) is 23.7. The topological polar surface area (TPSA) is 281 Å². The number of aldehydes is 1. The summed E-state index contributed by atoms with van der Waals surface area (Å²) in [5.41, 5.74) is 16.9. The number of nitrogens with one attached hydrogen (secondary N) is 5. The first kappa shape index (κ1) is 42.5. The molecule has 2 aliphatic heterocycles. The van der Waals surface area contributed by atoms with E-state index in [1.54, 1.807) is 0 Å². The minimum absolute atomic E-state index is 0.175. The van der Waals surface area contributed by atoms with E-state index in [0.29, 0.717) is 96.7 Å². The molecular formula is C33H59N9O8. The van der Waals surface area contributed by atoms with Crippen molar-refractivity contribution < 1.29 is 38.7 Å². The second-order valence-electron chi connectivity index (χ2n) is 13.1. The number of nitrogens with zero attached hydrogens (tertiary/aromatic N) is 1. The molecule has 50 heavy (non-hydrogen) atoms. The first-order valence-electron chi connectivity index (χ1n) is 18.1. The van der Waals surface area contributed by atoms with Crippen molar-refractivity contribution in [2.24, 2.45) is 17.2 Å². The van der Waals surface area contributed by atoms with E-state index in [-0.39, 0.29) is 32.2 Å². The Balaban J connectivity index is 2.22. The number of hydrogen-bond acceptors (Lipinski definition) is 11. The van der Waals surface area contributed by atoms with Crippen LogP contribution in [0.1, 0.15) is 96.3 Å². The number of hydrogen-bond donors (Lipinski definition) is 9. The number of likely N-dealkylation sites (tertiary alicyclic amines) is 1. The number of carbonyl (C=O) groups is 7. The largest absolute Gasteiger partial charge is 0.481 e. The molecule has 0 aromatic heterocycles. The molecule has 12 N–H and O–H groups in total. The standard InChI is InChI=1S/C33H59N9O8/c34-16-4-1-9-22(21-43)38-32(49)27-13-8-20-42(27)33(50)26(11-3-6-18-36)41-30(47)24(10-2-5-17-35)39-31(48)25(14-15-28(44)45)40-29(46)23-12-7-19-37-23/h21-27,37H,1-20,34-36H2,(H,38,49)(H,39,48)(H,40,46)(H,41,47)(H,44,45)/t22-,23-,24-,25-,26-,27-/m0/s1. The smallest absolute Gasteiger partial charge is 0.303 e. The first-order valence-corrected chi connectivity index (χ1v) is 18.1. The van der Waals surface area contributed by atoms with Gasteiger partial charge >= 0.3 is 5.97 Å². The van der Waals surface area contributed by atoms with Gasteiger partial charge in [-0.15, -0.1) is 0 Å². The maximum absolute atomic E-state index is 14.0. The number of aliphatic carboxylic acids is 1. The number of nitrogens with two attached hydrogens (primary N) is 3. The molecule has 17 heteroatoms. The molecule has 6 atom stereocenters. The summed E-state index contributed by atoms with van der Waals surface area (Å²) in [6.45, 7) is 2.13. The fourth-order valence-electron chi connectivity index (χ4n) is 6.24. The van der Waals surface area contributed by atoms with Crippen LogP contribution < -0.4 is 43.8 Å². The van der Waals surface area contributed by atoms with Crippen molar-refractivity contribution in [3.05, 3.63) is 0 Å². The van der Waals surface area contributed by atoms with E-state index in [4.69, 9.17) is 17.2 Å². The van der Waals surface area contributed by atoms with Crippen LogP contribution in [0, 0.1) is 0 Å². The summed E-state index contributed by atoms with van der Waals surface area (Å²) in [5, 5.41) is 23.2. The van der Waals surface area contributed by atoms with Gasteiger partial charge in [-0.1, -0.05) is 0 Å². The number of carbonyl (C=O) groups excluding carboxylic acids is 6. The second-order valence-corrected chi connectivity index (χ2v) is 13.1. The molecule has 284 valence electrons. The Morgan fingerprint density at radius 3 is 1.86 bits per heavy atom. The molecule has 2 saturated heterocycles. The quantitative estimate of drug-likeness (QED) is 0.0372. The van der Waals surface area contributed by atoms with E-state index in [0.717, 1.165) is 6.42 Å². The van der Waals surface area contributed by atoms with Crippen LogP contribution in [-0.4, -0.2) is 121 Å². The molecule has 0 spiro atoms. The summed E-state index contributed by atoms with van der Waals surface area (Å²) in [4.78, 5) is 91.7. The SMILES string of the molecule is NCCCC[C@@H](C=O)NC(=O)[C@@H]1CCCN1C(=O)[C@H](CCCCN)NC(=O)[C@H](CCCCN)NC(=O)[C@H](CCC(=O)O)NC(=O)[C@@H]1CCCN1. The Kier molecular flexibility index (Phi) is 20.1. The number of carboxylic acids is 1. The van der Waals surface area contributed by atoms with E-state index >= 15 is 0 Å². The molecule has 0 saturated carbocycles. The number of unbranched alkanes of at least 4 members (excludes halogenated alkanes) is 3. The molecule has 0 aromatic carbocycles. The lowest BCUT2D eigenvalue weighted by atomic mass is 10.0. The third-order valence-electron chi connectivity index (χ3n) is 9.10. The maximum atomic E-state index is 14.0. The lowest BCUT2D eigenvalue weighted by molar-refractivity contribution is -0.142. The predicted octanol–water partition coefficient (Wildman–Crippen LogP) is -1.88. The molecule has 2 rings (SSSR count). The zero-order valence-corrected chi connectivity index (χ0v) is 29.2. The van der Waals surface area contributed by atoms with Crippen molar-refractivity contribution >= 4 is 41.8 Å². The van der Waals surface area contributed by atoms with Crippen molar-refractivity contribution in [3.63, 3.8) is 0 Å². The molecule has 2 heterocycles. The van der Waals surface area contributed by atoms with Crippen LogP contribution in [0.25, 0.3) is 0 Å². The molecule has 0 bridgehead atoms. The fraction of sp³-hybridized carbons (Fsp3) is 0.788. The highest BCUT2D eigenvalue weighted by Gasteiger charge is 2.39. The number of rotatable bonds is 25. The third kappa shape index (κ3) is 14.7. The molecule has 2 aliphatic rings. The highest BCUT2D eigenvalue weighted by atomic mass is 16.4. The van der Waals surface area contributed by atoms with Crippen LogP contribution in [-0.2, 0) is 33.6 Å². The van der Waals surface area contributed by atoms with Crippen molar-refractivity contribution in [1.29, 1.82) is 0 Å². The van der Waals surface area contributed by atoms with Gasteiger partial charge in [0.25, 0.3) is 0 Å². The minimum Gasteiger partial charge on any atom is -0.481 e. The van der Waals surface area contributed by atoms with Gasteiger partial charge in [0.05, 0.1) is 12.1 Å². The van der Waals surface area contributed by atoms with Gasteiger partial charge in [0, 0.05) is 13.0 Å². The van der Waals surface area contributed by atoms with Crippen LogP contribution in [0.2, 0.25) is 0 Å². The summed E-state index contributed by atoms with van der Waals surface area (Å²) >= 11 is 0. The van der Waals surface area contributed by atoms with E-state index < -0.39 is 71.8 Å². The van der Waals surface area contributed by atoms with Crippen LogP contribution in [0.5, 0.6) is 0 Å². The number of amides is 5. The van der Waals surface area contributed by atoms with Crippen molar-refractivity contribution in [2.75, 3.05) is 32.7 Å². The van der Waals surface area contributed by atoms with Gasteiger partial charge < -0.3 is 58.6 Å². The highest BCUT2D eigenvalue weighted by molar-refractivity contribution is 5.96. The first-order chi connectivity index (χ1) is 24.1. The van der Waals surface area contributed by atoms with Gasteiger partial charge in [-0.2, -0.15) is 0 Å². The Morgan fingerprint density at radius 2 is 1.30 bits per heavy atom. The summed E-state index contributed by atoms with van der Waals surface area (Å²) in [5.74, 6) is -3.83. The van der Waals surface area contributed by atoms with Crippen molar-refractivity contribution in [2.45, 2.75) is 133 Å². The molecule has 0 unspecified atom stereocenters. The molecular weight excluding hydrogens is 650 g/mol. The Labute approximate surface area is 294 Å². The number of carboxylic acid groups (broad SMARTS) is 1. The molecule has 0 radical (unpaired) electrons. The van der Waals surface area contributed by atoms with Crippen molar-refractivity contribution in [3.8, 4) is 0 Å². The van der Waals surface area contributed by atoms with Crippen LogP contribution in [0.15, 0.2) is 0 Å². The van der Waals surface area contributed by atoms with Crippen molar-refractivity contribution in [1.82, 2.24) is 31.5 Å². The Bertz CT molecular complexity index is 1120. The van der Waals surface area contributed by atoms with Gasteiger partial charge in [-0.05, 0) is 116 Å². The average molecular weight is 710 g/mol. The lowest BCUT2D eigenvalue weighted by Gasteiger charge is -2.30. The Morgan fingerprint density at radius 1 is 0.720 bits per heavy atom. The van der Waals surface area contributed by atoms with Gasteiger partial charge in [-0.3, -0.25) is 28.8 Å². The lowest BCUT2D eigenvalue weighted by Crippen LogP contribution is -2.59. The van der Waals surface area contributed by atoms with E-state index in [9.17, 15) is 38.7 Å². The van der Waals surface area contributed by atoms with Crippen LogP contribution in [0.3, 0.4) is 0 Å². The molecule has 0 aliphatic carbocycles. The fourth-order valence-corrected chi connectivity index (χ4v) is 6.24. The van der Waals surface area contributed by atoms with Gasteiger partial charge in [0.15, 0.2) is 0 Å². The molecule has 0 aromatic rings. The molecule has 2 fully saturated rings. The zero-order valence-electron chi connectivity index (χ0n) is 29.2. The maximum Gasteiger partial charge on any atom is 0.303 e. The minimum atomic E-state index is -1.21. The summed E-state index contributed by atoms with van der Waals surface area (Å²) in [7, 11) is 0. The van der Waals surface area contributed by atoms with E-state index in [1.807, 2.05) is 0 Å². The summed E-state index contributed by atoms with van der Waals surface area (Å²) < 4.78 is 0. The molecule has 17 nitrogen and oxygen atoms in total. The van der Waals surface area contributed by atoms with E-state index in [1.165, 1.54) is 4.90 Å². The zero-order chi connectivity index (χ0) is 36.9. The van der Waals surface area contributed by atoms with Crippen LogP contribution in [0.4, 0.5) is 0 Å².